The highest BCUT2D eigenvalue weighted by Gasteiger charge is 2.33. The minimum Gasteiger partial charge on any atom is -0.495 e. The van der Waals surface area contributed by atoms with Crippen LogP contribution in [0.15, 0.2) is 47.4 Å². The number of nitrogens with one attached hydrogen (secondary N) is 1. The first-order valence-electron chi connectivity index (χ1n) is 7.70. The van der Waals surface area contributed by atoms with Gasteiger partial charge in [0.15, 0.2) is 6.10 Å². The van der Waals surface area contributed by atoms with Crippen LogP contribution in [0.2, 0.25) is 5.02 Å². The Labute approximate surface area is 156 Å². The van der Waals surface area contributed by atoms with Crippen molar-refractivity contribution in [1.29, 1.82) is 0 Å². The van der Waals surface area contributed by atoms with Crippen LogP contribution in [0.4, 0.5) is 5.69 Å². The Balaban J connectivity index is 1.76. The first kappa shape index (κ1) is 18.5. The van der Waals surface area contributed by atoms with Crippen LogP contribution in [-0.2, 0) is 14.8 Å². The number of ether oxygens (including phenoxy) is 2. The molecule has 0 saturated carbocycles. The van der Waals surface area contributed by atoms with Gasteiger partial charge in [0, 0.05) is 7.05 Å². The van der Waals surface area contributed by atoms with E-state index in [4.69, 9.17) is 21.1 Å². The van der Waals surface area contributed by atoms with Crippen molar-refractivity contribution in [2.75, 3.05) is 25.6 Å². The standard InChI is InChI=1S/C17H17ClN2O5S/c1-20-13-5-3-4-6-15(13)25-16(17(20)21)10-19-26(22,23)11-7-8-14(24-2)12(18)9-11/h3-9,16,19H,10H2,1-2H3. The summed E-state index contributed by atoms with van der Waals surface area (Å²) in [6.45, 7) is -0.205. The van der Waals surface area contributed by atoms with Crippen molar-refractivity contribution in [2.45, 2.75) is 11.0 Å². The number of carbonyl (C=O) groups excluding carboxylic acids is 1. The lowest BCUT2D eigenvalue weighted by Gasteiger charge is -2.31. The Morgan fingerprint density at radius 1 is 1.27 bits per heavy atom. The van der Waals surface area contributed by atoms with Crippen molar-refractivity contribution < 1.29 is 22.7 Å². The van der Waals surface area contributed by atoms with Crippen LogP contribution in [0, 0.1) is 0 Å². The molecule has 0 fully saturated rings. The number of likely N-dealkylation sites (N-methyl/N-ethyl adjacent to an activating group) is 1. The van der Waals surface area contributed by atoms with Gasteiger partial charge in [0.05, 0.1) is 29.3 Å². The van der Waals surface area contributed by atoms with Gasteiger partial charge in [0.25, 0.3) is 5.91 Å². The van der Waals surface area contributed by atoms with Gasteiger partial charge in [-0.2, -0.15) is 0 Å². The predicted octanol–water partition coefficient (Wildman–Crippen LogP) is 2.05. The normalized spacial score (nSPS) is 16.8. The maximum absolute atomic E-state index is 12.5. The summed E-state index contributed by atoms with van der Waals surface area (Å²) in [5, 5.41) is 0.175. The molecule has 0 bridgehead atoms. The number of carbonyl (C=O) groups is 1. The van der Waals surface area contributed by atoms with Gasteiger partial charge in [-0.1, -0.05) is 23.7 Å². The van der Waals surface area contributed by atoms with Crippen LogP contribution >= 0.6 is 11.6 Å². The van der Waals surface area contributed by atoms with Crippen molar-refractivity contribution >= 4 is 33.2 Å². The smallest absolute Gasteiger partial charge is 0.269 e. The zero-order valence-corrected chi connectivity index (χ0v) is 15.7. The third-order valence-electron chi connectivity index (χ3n) is 3.99. The molecule has 26 heavy (non-hydrogen) atoms. The number of fused-ring (bicyclic) bond motifs is 1. The van der Waals surface area contributed by atoms with E-state index in [-0.39, 0.29) is 22.4 Å². The van der Waals surface area contributed by atoms with E-state index in [0.717, 1.165) is 0 Å². The molecule has 7 nitrogen and oxygen atoms in total. The Bertz CT molecular complexity index is 948. The lowest BCUT2D eigenvalue weighted by atomic mass is 10.2. The van der Waals surface area contributed by atoms with Crippen molar-refractivity contribution in [1.82, 2.24) is 4.72 Å². The zero-order valence-electron chi connectivity index (χ0n) is 14.1. The summed E-state index contributed by atoms with van der Waals surface area (Å²) < 4.78 is 38.0. The molecule has 0 spiro atoms. The summed E-state index contributed by atoms with van der Waals surface area (Å²) in [5.41, 5.74) is 0.638. The minimum absolute atomic E-state index is 0.0275. The molecular formula is C17H17ClN2O5S. The maximum Gasteiger partial charge on any atom is 0.269 e. The number of benzene rings is 2. The molecule has 2 aromatic rings. The molecule has 1 aliphatic heterocycles. The SMILES string of the molecule is COc1ccc(S(=O)(=O)NCC2Oc3ccccc3N(C)C2=O)cc1Cl. The van der Waals surface area contributed by atoms with E-state index in [0.29, 0.717) is 17.2 Å². The molecule has 0 aliphatic carbocycles. The molecule has 0 aromatic heterocycles. The largest absolute Gasteiger partial charge is 0.495 e. The number of rotatable bonds is 5. The topological polar surface area (TPSA) is 84.9 Å². The minimum atomic E-state index is -3.87. The van der Waals surface area contributed by atoms with Gasteiger partial charge in [0.1, 0.15) is 11.5 Å². The van der Waals surface area contributed by atoms with E-state index in [2.05, 4.69) is 4.72 Å². The van der Waals surface area contributed by atoms with E-state index >= 15 is 0 Å². The van der Waals surface area contributed by atoms with Crippen LogP contribution in [0.1, 0.15) is 0 Å². The molecule has 1 heterocycles. The molecular weight excluding hydrogens is 380 g/mol. The Morgan fingerprint density at radius 3 is 2.69 bits per heavy atom. The van der Waals surface area contributed by atoms with Crippen LogP contribution in [0.25, 0.3) is 0 Å². The first-order chi connectivity index (χ1) is 12.3. The molecule has 0 saturated heterocycles. The highest BCUT2D eigenvalue weighted by atomic mass is 35.5. The molecule has 1 aliphatic rings. The third kappa shape index (κ3) is 3.48. The van der Waals surface area contributed by atoms with Crippen molar-refractivity contribution in [2.24, 2.45) is 0 Å². The number of hydrogen-bond acceptors (Lipinski definition) is 5. The molecule has 1 atom stereocenters. The van der Waals surface area contributed by atoms with Crippen LogP contribution in [0.5, 0.6) is 11.5 Å². The predicted molar refractivity (Wildman–Crippen MR) is 97.5 cm³/mol. The fourth-order valence-corrected chi connectivity index (χ4v) is 3.96. The number of para-hydroxylation sites is 2. The van der Waals surface area contributed by atoms with Gasteiger partial charge in [-0.25, -0.2) is 13.1 Å². The molecule has 138 valence electrons. The number of halogens is 1. The van der Waals surface area contributed by atoms with Gasteiger partial charge in [-0.3, -0.25) is 4.79 Å². The summed E-state index contributed by atoms with van der Waals surface area (Å²) in [5.74, 6) is 0.556. The van der Waals surface area contributed by atoms with Gasteiger partial charge >= 0.3 is 0 Å². The van der Waals surface area contributed by atoms with E-state index in [1.54, 1.807) is 31.3 Å². The lowest BCUT2D eigenvalue weighted by Crippen LogP contribution is -2.49. The van der Waals surface area contributed by atoms with Gasteiger partial charge < -0.3 is 14.4 Å². The van der Waals surface area contributed by atoms with Crippen LogP contribution in [0.3, 0.4) is 0 Å². The van der Waals surface area contributed by atoms with E-state index < -0.39 is 16.1 Å². The van der Waals surface area contributed by atoms with E-state index in [1.165, 1.54) is 30.2 Å². The lowest BCUT2D eigenvalue weighted by molar-refractivity contribution is -0.125. The number of amides is 1. The highest BCUT2D eigenvalue weighted by Crippen LogP contribution is 2.32. The number of anilines is 1. The second-order valence-electron chi connectivity index (χ2n) is 5.62. The molecule has 9 heteroatoms. The zero-order chi connectivity index (χ0) is 18.9. The van der Waals surface area contributed by atoms with Crippen molar-refractivity contribution in [3.63, 3.8) is 0 Å². The monoisotopic (exact) mass is 396 g/mol. The summed E-state index contributed by atoms with van der Waals surface area (Å²) in [4.78, 5) is 13.8. The number of nitrogens with zero attached hydrogens (tertiary/aromatic N) is 1. The average Bonchev–Trinajstić information content (AvgIpc) is 2.63. The summed E-state index contributed by atoms with van der Waals surface area (Å²) >= 11 is 5.98. The summed E-state index contributed by atoms with van der Waals surface area (Å²) in [6.07, 6.45) is -0.960. The second kappa shape index (κ2) is 7.14. The molecule has 2 aromatic carbocycles. The first-order valence-corrected chi connectivity index (χ1v) is 9.56. The second-order valence-corrected chi connectivity index (χ2v) is 7.79. The Kier molecular flexibility index (Phi) is 5.08. The van der Waals surface area contributed by atoms with Crippen LogP contribution < -0.4 is 19.1 Å². The molecule has 0 radical (unpaired) electrons. The Hall–Kier alpha value is -2.29. The molecule has 1 N–H and O–H groups in total. The fraction of sp³-hybridized carbons (Fsp3) is 0.235. The van der Waals surface area contributed by atoms with E-state index in [9.17, 15) is 13.2 Å². The molecule has 3 rings (SSSR count). The summed E-state index contributed by atoms with van der Waals surface area (Å²) in [6, 6.07) is 11.2. The van der Waals surface area contributed by atoms with E-state index in [1.807, 2.05) is 0 Å². The van der Waals surface area contributed by atoms with Crippen molar-refractivity contribution in [3.8, 4) is 11.5 Å². The number of hydrogen-bond donors (Lipinski definition) is 1. The van der Waals surface area contributed by atoms with Gasteiger partial charge in [-0.15, -0.1) is 0 Å². The number of sulfonamides is 1. The quantitative estimate of drug-likeness (QED) is 0.836. The van der Waals surface area contributed by atoms with Gasteiger partial charge in [-0.05, 0) is 30.3 Å². The fourth-order valence-electron chi connectivity index (χ4n) is 2.58. The van der Waals surface area contributed by atoms with Gasteiger partial charge in [0.2, 0.25) is 10.0 Å². The summed E-state index contributed by atoms with van der Waals surface area (Å²) in [7, 11) is -0.808. The molecule has 1 unspecified atom stereocenters. The highest BCUT2D eigenvalue weighted by molar-refractivity contribution is 7.89. The molecule has 1 amide bonds. The van der Waals surface area contributed by atoms with Crippen LogP contribution in [-0.4, -0.2) is 41.1 Å². The third-order valence-corrected chi connectivity index (χ3v) is 5.71. The Morgan fingerprint density at radius 2 is 2.00 bits per heavy atom. The average molecular weight is 397 g/mol. The van der Waals surface area contributed by atoms with Crippen molar-refractivity contribution in [3.05, 3.63) is 47.5 Å². The number of methoxy groups -OCH3 is 1. The maximum atomic E-state index is 12.5.